The van der Waals surface area contributed by atoms with Crippen LogP contribution in [0.1, 0.15) is 45.1 Å². The van der Waals surface area contributed by atoms with Crippen LogP contribution < -0.4 is 16.4 Å². The fraction of sp³-hybridized carbons (Fsp3) is 0.542. The van der Waals surface area contributed by atoms with E-state index >= 15 is 0 Å². The minimum atomic E-state index is -1.40. The summed E-state index contributed by atoms with van der Waals surface area (Å²) in [6, 6.07) is 4.31. The molecule has 0 radical (unpaired) electrons. The molecule has 5 unspecified atom stereocenters. The molecule has 6 N–H and O–H groups in total. The highest BCUT2D eigenvalue weighted by molar-refractivity contribution is 5.96. The maximum atomic E-state index is 13.2. The third-order valence-electron chi connectivity index (χ3n) is 6.29. The SMILES string of the molecule is CCC(C)C(N)C(=O)NC(CC(=O)O)C(=O)N1CCCC1C(=O)NC(Cc1ccccc1)C(=O)O. The number of nitrogens with one attached hydrogen (secondary N) is 2. The molecular formula is C24H34N4O7. The average Bonchev–Trinajstić information content (AvgIpc) is 3.32. The summed E-state index contributed by atoms with van der Waals surface area (Å²) in [5.74, 6) is -4.70. The van der Waals surface area contributed by atoms with E-state index in [2.05, 4.69) is 10.6 Å². The number of hydrogen-bond donors (Lipinski definition) is 5. The van der Waals surface area contributed by atoms with E-state index in [1.807, 2.05) is 6.92 Å². The Hall–Kier alpha value is -3.47. The fourth-order valence-electron chi connectivity index (χ4n) is 3.98. The summed E-state index contributed by atoms with van der Waals surface area (Å²) in [6.07, 6.45) is 0.770. The first-order chi connectivity index (χ1) is 16.5. The van der Waals surface area contributed by atoms with Gasteiger partial charge in [-0.25, -0.2) is 4.79 Å². The van der Waals surface area contributed by atoms with Crippen molar-refractivity contribution < 1.29 is 34.2 Å². The Kier molecular flexibility index (Phi) is 10.2. The van der Waals surface area contributed by atoms with Crippen molar-refractivity contribution in [3.8, 4) is 0 Å². The topological polar surface area (TPSA) is 179 Å². The maximum Gasteiger partial charge on any atom is 0.326 e. The molecule has 0 spiro atoms. The second-order valence-corrected chi connectivity index (χ2v) is 8.85. The Balaban J connectivity index is 2.14. The van der Waals surface area contributed by atoms with E-state index in [4.69, 9.17) is 5.73 Å². The van der Waals surface area contributed by atoms with Crippen molar-refractivity contribution in [3.63, 3.8) is 0 Å². The first-order valence-corrected chi connectivity index (χ1v) is 11.7. The van der Waals surface area contributed by atoms with Crippen LogP contribution in [0.5, 0.6) is 0 Å². The number of carbonyl (C=O) groups is 5. The molecule has 0 aromatic heterocycles. The highest BCUT2D eigenvalue weighted by atomic mass is 16.4. The van der Waals surface area contributed by atoms with Gasteiger partial charge in [-0.2, -0.15) is 0 Å². The monoisotopic (exact) mass is 490 g/mol. The lowest BCUT2D eigenvalue weighted by Gasteiger charge is -2.30. The molecule has 0 saturated carbocycles. The summed E-state index contributed by atoms with van der Waals surface area (Å²) < 4.78 is 0. The van der Waals surface area contributed by atoms with Gasteiger partial charge in [-0.15, -0.1) is 0 Å². The third-order valence-corrected chi connectivity index (χ3v) is 6.29. The fourth-order valence-corrected chi connectivity index (χ4v) is 3.98. The number of hydrogen-bond acceptors (Lipinski definition) is 6. The highest BCUT2D eigenvalue weighted by Crippen LogP contribution is 2.20. The molecule has 11 heteroatoms. The zero-order valence-electron chi connectivity index (χ0n) is 20.0. The maximum absolute atomic E-state index is 13.2. The molecule has 3 amide bonds. The zero-order valence-corrected chi connectivity index (χ0v) is 20.0. The first-order valence-electron chi connectivity index (χ1n) is 11.7. The lowest BCUT2D eigenvalue weighted by molar-refractivity contribution is -0.147. The molecule has 1 aromatic carbocycles. The Morgan fingerprint density at radius 2 is 1.74 bits per heavy atom. The Morgan fingerprint density at radius 1 is 1.09 bits per heavy atom. The zero-order chi connectivity index (χ0) is 26.1. The summed E-state index contributed by atoms with van der Waals surface area (Å²) in [5, 5.41) is 23.8. The molecule has 1 aliphatic heterocycles. The van der Waals surface area contributed by atoms with Crippen molar-refractivity contribution >= 4 is 29.7 Å². The van der Waals surface area contributed by atoms with Crippen molar-refractivity contribution in [3.05, 3.63) is 35.9 Å². The predicted molar refractivity (Wildman–Crippen MR) is 126 cm³/mol. The second-order valence-electron chi connectivity index (χ2n) is 8.85. The molecule has 1 fully saturated rings. The lowest BCUT2D eigenvalue weighted by Crippen LogP contribution is -2.57. The van der Waals surface area contributed by atoms with Crippen molar-refractivity contribution in [1.29, 1.82) is 0 Å². The van der Waals surface area contributed by atoms with E-state index in [-0.39, 0.29) is 25.3 Å². The van der Waals surface area contributed by atoms with E-state index in [0.29, 0.717) is 12.8 Å². The van der Waals surface area contributed by atoms with Crippen LogP contribution in [-0.2, 0) is 30.4 Å². The molecule has 11 nitrogen and oxygen atoms in total. The third kappa shape index (κ3) is 7.78. The number of nitrogens with two attached hydrogens (primary N) is 1. The van der Waals surface area contributed by atoms with Gasteiger partial charge in [-0.1, -0.05) is 50.6 Å². The van der Waals surface area contributed by atoms with Crippen LogP contribution in [0.3, 0.4) is 0 Å². The molecule has 1 aromatic rings. The molecule has 0 bridgehead atoms. The van der Waals surface area contributed by atoms with E-state index in [1.54, 1.807) is 37.3 Å². The van der Waals surface area contributed by atoms with Gasteiger partial charge in [0, 0.05) is 13.0 Å². The molecule has 1 saturated heterocycles. The molecule has 192 valence electrons. The van der Waals surface area contributed by atoms with E-state index in [0.717, 1.165) is 5.56 Å². The summed E-state index contributed by atoms with van der Waals surface area (Å²) >= 11 is 0. The molecule has 2 rings (SSSR count). The number of carboxylic acids is 2. The number of nitrogens with zero attached hydrogens (tertiary/aromatic N) is 1. The van der Waals surface area contributed by atoms with Gasteiger partial charge < -0.3 is 31.5 Å². The standard InChI is InChI=1S/C24H34N4O7/c1-3-14(2)20(25)22(32)26-16(13-19(29)30)23(33)28-11-7-10-18(28)21(31)27-17(24(34)35)12-15-8-5-4-6-9-15/h4-6,8-9,14,16-18,20H,3,7,10-13,25H2,1-2H3,(H,26,32)(H,27,31)(H,29,30)(H,34,35). The van der Waals surface area contributed by atoms with Gasteiger partial charge in [0.15, 0.2) is 0 Å². The molecule has 5 atom stereocenters. The van der Waals surface area contributed by atoms with Crippen molar-refractivity contribution in [2.24, 2.45) is 11.7 Å². The molecule has 1 aliphatic rings. The van der Waals surface area contributed by atoms with E-state index in [9.17, 15) is 34.2 Å². The van der Waals surface area contributed by atoms with Gasteiger partial charge in [0.25, 0.3) is 0 Å². The minimum absolute atomic E-state index is 0.0633. The average molecular weight is 491 g/mol. The second kappa shape index (κ2) is 12.8. The molecule has 35 heavy (non-hydrogen) atoms. The highest BCUT2D eigenvalue weighted by Gasteiger charge is 2.40. The van der Waals surface area contributed by atoms with Crippen molar-refractivity contribution in [2.45, 2.75) is 70.1 Å². The van der Waals surface area contributed by atoms with Gasteiger partial charge >= 0.3 is 11.9 Å². The summed E-state index contributed by atoms with van der Waals surface area (Å²) in [4.78, 5) is 63.0. The van der Waals surface area contributed by atoms with Crippen molar-refractivity contribution in [1.82, 2.24) is 15.5 Å². The number of carboxylic acid groups (broad SMARTS) is 2. The van der Waals surface area contributed by atoms with Gasteiger partial charge in [0.1, 0.15) is 18.1 Å². The minimum Gasteiger partial charge on any atom is -0.481 e. The summed E-state index contributed by atoms with van der Waals surface area (Å²) in [6.45, 7) is 3.80. The smallest absolute Gasteiger partial charge is 0.326 e. The van der Waals surface area contributed by atoms with Crippen LogP contribution in [0, 0.1) is 5.92 Å². The van der Waals surface area contributed by atoms with Crippen LogP contribution in [0.2, 0.25) is 0 Å². The lowest BCUT2D eigenvalue weighted by atomic mass is 9.99. The molecule has 1 heterocycles. The first kappa shape index (κ1) is 27.8. The van der Waals surface area contributed by atoms with Gasteiger partial charge in [-0.3, -0.25) is 19.2 Å². The quantitative estimate of drug-likeness (QED) is 0.274. The number of likely N-dealkylation sites (tertiary alicyclic amines) is 1. The van der Waals surface area contributed by atoms with Crippen LogP contribution in [0.25, 0.3) is 0 Å². The Morgan fingerprint density at radius 3 is 2.31 bits per heavy atom. The largest absolute Gasteiger partial charge is 0.481 e. The van der Waals surface area contributed by atoms with Gasteiger partial charge in [0.05, 0.1) is 12.5 Å². The van der Waals surface area contributed by atoms with Crippen LogP contribution in [0.15, 0.2) is 30.3 Å². The van der Waals surface area contributed by atoms with Crippen LogP contribution in [-0.4, -0.2) is 75.5 Å². The number of benzene rings is 1. The number of aliphatic carboxylic acids is 2. The Labute approximate surface area is 204 Å². The van der Waals surface area contributed by atoms with Crippen LogP contribution in [0.4, 0.5) is 0 Å². The predicted octanol–water partition coefficient (Wildman–Crippen LogP) is 0.122. The van der Waals surface area contributed by atoms with Gasteiger partial charge in [-0.05, 0) is 24.3 Å². The number of rotatable bonds is 12. The van der Waals surface area contributed by atoms with Crippen molar-refractivity contribution in [2.75, 3.05) is 6.54 Å². The molecule has 0 aliphatic carbocycles. The summed E-state index contributed by atoms with van der Waals surface area (Å²) in [7, 11) is 0. The van der Waals surface area contributed by atoms with Crippen LogP contribution >= 0.6 is 0 Å². The van der Waals surface area contributed by atoms with Gasteiger partial charge in [0.2, 0.25) is 17.7 Å². The number of carbonyl (C=O) groups excluding carboxylic acids is 3. The number of amides is 3. The van der Waals surface area contributed by atoms with E-state index < -0.39 is 60.2 Å². The molecular weight excluding hydrogens is 456 g/mol. The summed E-state index contributed by atoms with van der Waals surface area (Å²) in [5.41, 5.74) is 6.65. The van der Waals surface area contributed by atoms with E-state index in [1.165, 1.54) is 4.90 Å². The normalized spacial score (nSPS) is 18.7. The Bertz CT molecular complexity index is 924.